The molecule has 9 heteroatoms. The number of anilines is 2. The van der Waals surface area contributed by atoms with E-state index in [4.69, 9.17) is 11.6 Å². The smallest absolute Gasteiger partial charge is 0.417 e. The van der Waals surface area contributed by atoms with Gasteiger partial charge in [0, 0.05) is 11.3 Å². The summed E-state index contributed by atoms with van der Waals surface area (Å²) in [5.74, 6) is 0.131. The molecule has 0 unspecified atom stereocenters. The lowest BCUT2D eigenvalue weighted by Gasteiger charge is -2.11. The van der Waals surface area contributed by atoms with Crippen molar-refractivity contribution in [2.45, 2.75) is 6.18 Å². The fourth-order valence-electron chi connectivity index (χ4n) is 2.08. The lowest BCUT2D eigenvalue weighted by atomic mass is 10.1. The predicted octanol–water partition coefficient (Wildman–Crippen LogP) is 4.66. The van der Waals surface area contributed by atoms with Crippen LogP contribution in [0.3, 0.4) is 0 Å². The molecule has 0 aliphatic carbocycles. The van der Waals surface area contributed by atoms with E-state index < -0.39 is 16.8 Å². The molecule has 0 atom stereocenters. The number of nitrogens with zero attached hydrogens (tertiary/aromatic N) is 3. The molecule has 5 nitrogen and oxygen atoms in total. The van der Waals surface area contributed by atoms with E-state index in [0.29, 0.717) is 11.3 Å². The zero-order chi connectivity index (χ0) is 18.0. The normalized spacial score (nSPS) is 11.4. The van der Waals surface area contributed by atoms with E-state index in [-0.39, 0.29) is 17.4 Å². The predicted molar refractivity (Wildman–Crippen MR) is 86.7 cm³/mol. The molecular formula is C16H10ClF3N4O. The Morgan fingerprint density at radius 1 is 1.04 bits per heavy atom. The molecule has 3 aromatic rings. The fraction of sp³-hybridized carbons (Fsp3) is 0.0625. The van der Waals surface area contributed by atoms with Gasteiger partial charge in [0.15, 0.2) is 0 Å². The molecule has 1 heterocycles. The standard InChI is InChI=1S/C16H10ClF3N4O/c17-13-6-3-10(7-12(13)16(18,19)20)22-15-23-14(8-21-24-15)9-1-4-11(25)5-2-9/h1-8,25H,(H,22,23,24). The first-order valence-corrected chi connectivity index (χ1v) is 7.33. The fourth-order valence-corrected chi connectivity index (χ4v) is 2.30. The molecular weight excluding hydrogens is 357 g/mol. The van der Waals surface area contributed by atoms with Crippen molar-refractivity contribution in [2.75, 3.05) is 5.32 Å². The van der Waals surface area contributed by atoms with Gasteiger partial charge in [0.25, 0.3) is 0 Å². The van der Waals surface area contributed by atoms with Crippen molar-refractivity contribution in [3.8, 4) is 17.0 Å². The van der Waals surface area contributed by atoms with E-state index >= 15 is 0 Å². The Morgan fingerprint density at radius 3 is 2.44 bits per heavy atom. The van der Waals surface area contributed by atoms with Gasteiger partial charge in [0.05, 0.1) is 22.5 Å². The van der Waals surface area contributed by atoms with Crippen LogP contribution in [0.1, 0.15) is 5.56 Å². The van der Waals surface area contributed by atoms with Crippen LogP contribution in [0.5, 0.6) is 5.75 Å². The lowest BCUT2D eigenvalue weighted by molar-refractivity contribution is -0.137. The van der Waals surface area contributed by atoms with Gasteiger partial charge in [-0.2, -0.15) is 18.3 Å². The van der Waals surface area contributed by atoms with Gasteiger partial charge in [-0.05, 0) is 42.5 Å². The summed E-state index contributed by atoms with van der Waals surface area (Å²) in [4.78, 5) is 4.20. The van der Waals surface area contributed by atoms with E-state index in [1.54, 1.807) is 12.1 Å². The molecule has 25 heavy (non-hydrogen) atoms. The van der Waals surface area contributed by atoms with Crippen LogP contribution in [-0.4, -0.2) is 20.3 Å². The molecule has 0 fully saturated rings. The number of hydrogen-bond donors (Lipinski definition) is 2. The van der Waals surface area contributed by atoms with Gasteiger partial charge in [-0.15, -0.1) is 5.10 Å². The number of benzene rings is 2. The number of aromatic nitrogens is 3. The van der Waals surface area contributed by atoms with Gasteiger partial charge in [-0.1, -0.05) is 11.6 Å². The minimum Gasteiger partial charge on any atom is -0.508 e. The Bertz CT molecular complexity index is 901. The molecule has 0 aliphatic heterocycles. The second kappa shape index (κ2) is 6.56. The second-order valence-electron chi connectivity index (χ2n) is 5.03. The van der Waals surface area contributed by atoms with Gasteiger partial charge in [0.2, 0.25) is 5.95 Å². The van der Waals surface area contributed by atoms with Crippen molar-refractivity contribution in [1.29, 1.82) is 0 Å². The first-order chi connectivity index (χ1) is 11.8. The molecule has 2 aromatic carbocycles. The zero-order valence-corrected chi connectivity index (χ0v) is 13.2. The zero-order valence-electron chi connectivity index (χ0n) is 12.4. The van der Waals surface area contributed by atoms with Crippen molar-refractivity contribution in [3.63, 3.8) is 0 Å². The van der Waals surface area contributed by atoms with Crippen molar-refractivity contribution in [1.82, 2.24) is 15.2 Å². The molecule has 128 valence electrons. The van der Waals surface area contributed by atoms with Gasteiger partial charge >= 0.3 is 6.18 Å². The highest BCUT2D eigenvalue weighted by Crippen LogP contribution is 2.36. The summed E-state index contributed by atoms with van der Waals surface area (Å²) in [6.45, 7) is 0. The molecule has 0 radical (unpaired) electrons. The summed E-state index contributed by atoms with van der Waals surface area (Å²) in [5, 5.41) is 19.1. The van der Waals surface area contributed by atoms with E-state index in [9.17, 15) is 18.3 Å². The van der Waals surface area contributed by atoms with Gasteiger partial charge in [0.1, 0.15) is 5.75 Å². The maximum Gasteiger partial charge on any atom is 0.417 e. The highest BCUT2D eigenvalue weighted by Gasteiger charge is 2.33. The number of alkyl halides is 3. The summed E-state index contributed by atoms with van der Waals surface area (Å²) < 4.78 is 38.7. The Morgan fingerprint density at radius 2 is 1.76 bits per heavy atom. The summed E-state index contributed by atoms with van der Waals surface area (Å²) in [6, 6.07) is 9.64. The first kappa shape index (κ1) is 17.0. The summed E-state index contributed by atoms with van der Waals surface area (Å²) in [7, 11) is 0. The van der Waals surface area contributed by atoms with Gasteiger partial charge < -0.3 is 10.4 Å². The quantitative estimate of drug-likeness (QED) is 0.705. The molecule has 0 spiro atoms. The third kappa shape index (κ3) is 3.97. The molecule has 0 amide bonds. The van der Waals surface area contributed by atoms with Crippen LogP contribution >= 0.6 is 11.6 Å². The molecule has 3 rings (SSSR count). The number of nitrogens with one attached hydrogen (secondary N) is 1. The number of phenols is 1. The maximum absolute atomic E-state index is 12.9. The lowest BCUT2D eigenvalue weighted by Crippen LogP contribution is -2.07. The summed E-state index contributed by atoms with van der Waals surface area (Å²) in [5.41, 5.74) is 0.286. The monoisotopic (exact) mass is 366 g/mol. The minimum atomic E-state index is -4.57. The Hall–Kier alpha value is -2.87. The molecule has 0 bridgehead atoms. The number of halogens is 4. The van der Waals surface area contributed by atoms with E-state index in [0.717, 1.165) is 12.1 Å². The van der Waals surface area contributed by atoms with Crippen molar-refractivity contribution in [3.05, 3.63) is 59.2 Å². The molecule has 0 saturated heterocycles. The average Bonchev–Trinajstić information content (AvgIpc) is 2.56. The molecule has 2 N–H and O–H groups in total. The molecule has 1 aromatic heterocycles. The van der Waals surface area contributed by atoms with Gasteiger partial charge in [-0.3, -0.25) is 0 Å². The minimum absolute atomic E-state index is 0.0287. The van der Waals surface area contributed by atoms with Crippen LogP contribution in [-0.2, 0) is 6.18 Å². The Balaban J connectivity index is 1.89. The topological polar surface area (TPSA) is 70.9 Å². The molecule has 0 saturated carbocycles. The van der Waals surface area contributed by atoms with Crippen molar-refractivity contribution in [2.24, 2.45) is 0 Å². The highest BCUT2D eigenvalue weighted by atomic mass is 35.5. The van der Waals surface area contributed by atoms with Crippen LogP contribution in [0, 0.1) is 0 Å². The van der Waals surface area contributed by atoms with Gasteiger partial charge in [-0.25, -0.2) is 4.98 Å². The van der Waals surface area contributed by atoms with Crippen LogP contribution in [0.2, 0.25) is 5.02 Å². The Labute approximate surface area is 145 Å². The summed E-state index contributed by atoms with van der Waals surface area (Å²) >= 11 is 5.59. The maximum atomic E-state index is 12.9. The highest BCUT2D eigenvalue weighted by molar-refractivity contribution is 6.31. The first-order valence-electron chi connectivity index (χ1n) is 6.96. The summed E-state index contributed by atoms with van der Waals surface area (Å²) in [6.07, 6.45) is -3.16. The van der Waals surface area contributed by atoms with Crippen LogP contribution in [0.15, 0.2) is 48.7 Å². The van der Waals surface area contributed by atoms with E-state index in [1.165, 1.54) is 24.4 Å². The van der Waals surface area contributed by atoms with Crippen LogP contribution in [0.25, 0.3) is 11.3 Å². The molecule has 0 aliphatic rings. The average molecular weight is 367 g/mol. The van der Waals surface area contributed by atoms with Crippen molar-refractivity contribution >= 4 is 23.2 Å². The van der Waals surface area contributed by atoms with Crippen molar-refractivity contribution < 1.29 is 18.3 Å². The number of aromatic hydroxyl groups is 1. The second-order valence-corrected chi connectivity index (χ2v) is 5.44. The largest absolute Gasteiger partial charge is 0.508 e. The van der Waals surface area contributed by atoms with E-state index in [1.807, 2.05) is 0 Å². The number of hydrogen-bond acceptors (Lipinski definition) is 5. The van der Waals surface area contributed by atoms with E-state index in [2.05, 4.69) is 20.5 Å². The SMILES string of the molecule is Oc1ccc(-c2cnnc(Nc3ccc(Cl)c(C(F)(F)F)c3)n2)cc1. The Kier molecular flexibility index (Phi) is 4.45. The number of phenolic OH excluding ortho intramolecular Hbond substituents is 1. The number of rotatable bonds is 3. The van der Waals surface area contributed by atoms with Crippen LogP contribution in [0.4, 0.5) is 24.8 Å². The van der Waals surface area contributed by atoms with Crippen LogP contribution < -0.4 is 5.32 Å². The third-order valence-electron chi connectivity index (χ3n) is 3.25. The third-order valence-corrected chi connectivity index (χ3v) is 3.58.